The van der Waals surface area contributed by atoms with Crippen molar-refractivity contribution in [1.29, 1.82) is 0 Å². The molecule has 13 rings (SSSR count). The summed E-state index contributed by atoms with van der Waals surface area (Å²) in [5, 5.41) is 33.0. The van der Waals surface area contributed by atoms with Crippen molar-refractivity contribution < 1.29 is 0 Å². The van der Waals surface area contributed by atoms with E-state index in [1.807, 2.05) is 0 Å². The smallest absolute Gasteiger partial charge is 0.000673 e. The Hall–Kier alpha value is -6.24. The molecule has 0 unspecified atom stereocenters. The normalized spacial score (nSPS) is 13.8. The first-order chi connectivity index (χ1) is 28.7. The van der Waals surface area contributed by atoms with Gasteiger partial charge >= 0.3 is 0 Å². The van der Waals surface area contributed by atoms with E-state index in [0.717, 1.165) is 0 Å². The summed E-state index contributed by atoms with van der Waals surface area (Å²) in [6, 6.07) is 50.3. The molecule has 0 fully saturated rings. The summed E-state index contributed by atoms with van der Waals surface area (Å²) in [6.45, 7) is 21.4. The Morgan fingerprint density at radius 3 is 0.683 bits per heavy atom. The molecule has 0 atom stereocenters. The predicted octanol–water partition coefficient (Wildman–Crippen LogP) is 17.7. The minimum absolute atomic E-state index is 0.0329. The van der Waals surface area contributed by atoms with Gasteiger partial charge in [-0.3, -0.25) is 0 Å². The third-order valence-electron chi connectivity index (χ3n) is 14.6. The van der Waals surface area contributed by atoms with E-state index in [9.17, 15) is 0 Å². The van der Waals surface area contributed by atoms with Crippen LogP contribution in [0.3, 0.4) is 0 Å². The van der Waals surface area contributed by atoms with Crippen LogP contribution in [0.25, 0.3) is 129 Å². The van der Waals surface area contributed by atoms with Gasteiger partial charge in [0.1, 0.15) is 0 Å². The first kappa shape index (κ1) is 34.6. The first-order valence-electron chi connectivity index (χ1n) is 21.9. The van der Waals surface area contributed by atoms with E-state index in [2.05, 4.69) is 190 Å². The van der Waals surface area contributed by atoms with E-state index < -0.39 is 0 Å². The van der Waals surface area contributed by atoms with E-state index in [1.54, 1.807) is 0 Å². The van der Waals surface area contributed by atoms with E-state index >= 15 is 0 Å². The van der Waals surface area contributed by atoms with Gasteiger partial charge in [0, 0.05) is 0 Å². The van der Waals surface area contributed by atoms with Crippen LogP contribution in [-0.2, 0) is 16.2 Å². The molecule has 0 heterocycles. The maximum Gasteiger partial charge on any atom is -0.000673 e. The Kier molecular flexibility index (Phi) is 6.30. The maximum atomic E-state index is 2.58. The van der Waals surface area contributed by atoms with Gasteiger partial charge < -0.3 is 0 Å². The largest absolute Gasteiger partial charge is 0.0616 e. The summed E-state index contributed by atoms with van der Waals surface area (Å²) >= 11 is 0. The molecule has 0 aliphatic heterocycles. The number of rotatable bonds is 0. The lowest BCUT2D eigenvalue weighted by molar-refractivity contribution is 0.591. The molecule has 0 aliphatic rings. The Labute approximate surface area is 350 Å². The van der Waals surface area contributed by atoms with Gasteiger partial charge in [-0.1, -0.05) is 135 Å². The zero-order chi connectivity index (χ0) is 40.9. The third kappa shape index (κ3) is 4.27. The van der Waals surface area contributed by atoms with Crippen molar-refractivity contribution in [2.24, 2.45) is 0 Å². The lowest BCUT2D eigenvalue weighted by Crippen LogP contribution is -2.10. The van der Waals surface area contributed by atoms with Gasteiger partial charge in [0.25, 0.3) is 0 Å². The monoisotopic (exact) mass is 768 g/mol. The quantitative estimate of drug-likeness (QED) is 0.135. The van der Waals surface area contributed by atoms with Crippen LogP contribution < -0.4 is 0 Å². The molecule has 0 radical (unpaired) electrons. The molecule has 0 amide bonds. The minimum atomic E-state index is -0.0329. The SMILES string of the molecule is CC(C)(C)c1cc2c3ccccc3cc3c2c(c1)c1c2c4cc5ccccc5c5cc(C(C)(C)C)cc(c54)c2c2c4cc5ccccc5c5cc(C(C)(C)C)cc(c54)c2c31. The van der Waals surface area contributed by atoms with E-state index in [-0.39, 0.29) is 16.2 Å². The number of hydrogen-bond donors (Lipinski definition) is 0. The van der Waals surface area contributed by atoms with Crippen LogP contribution in [0, 0.1) is 0 Å². The molecule has 0 heteroatoms. The average Bonchev–Trinajstić information content (AvgIpc) is 3.83. The standard InChI is InChI=1S/C60H48/c1-58(2,3)34-25-40-37-19-13-10-16-31(37)22-43-49(40)46(28-34)55-52(43)56-48-30-36(60(7,8)9)27-42-39-21-15-12-18-33(39)24-45(51(42)48)54(56)57-47-29-35(59(4,5)6)26-41-38-20-14-11-17-32(38)23-44(50(41)47)53(55)57/h10-30H,1-9H3. The summed E-state index contributed by atoms with van der Waals surface area (Å²) in [6.07, 6.45) is 0. The minimum Gasteiger partial charge on any atom is -0.0616 e. The molecule has 60 heavy (non-hydrogen) atoms. The molecule has 13 aromatic rings. The molecule has 0 aromatic heterocycles. The Morgan fingerprint density at radius 2 is 0.433 bits per heavy atom. The Morgan fingerprint density at radius 1 is 0.217 bits per heavy atom. The van der Waals surface area contributed by atoms with Crippen LogP contribution in [0.4, 0.5) is 0 Å². The molecule has 288 valence electrons. The van der Waals surface area contributed by atoms with Crippen LogP contribution in [0.15, 0.2) is 127 Å². The van der Waals surface area contributed by atoms with Crippen LogP contribution in [0.5, 0.6) is 0 Å². The summed E-state index contributed by atoms with van der Waals surface area (Å²) in [5.41, 5.74) is 4.05. The molecular formula is C60H48. The van der Waals surface area contributed by atoms with E-state index in [1.165, 1.54) is 146 Å². The molecular weight excluding hydrogens is 721 g/mol. The van der Waals surface area contributed by atoms with Crippen LogP contribution in [0.2, 0.25) is 0 Å². The van der Waals surface area contributed by atoms with Crippen molar-refractivity contribution in [1.82, 2.24) is 0 Å². The van der Waals surface area contributed by atoms with Crippen LogP contribution in [-0.4, -0.2) is 0 Å². The van der Waals surface area contributed by atoms with Gasteiger partial charge in [0.2, 0.25) is 0 Å². The van der Waals surface area contributed by atoms with E-state index in [4.69, 9.17) is 0 Å². The second-order valence-electron chi connectivity index (χ2n) is 21.3. The molecule has 13 aromatic carbocycles. The fraction of sp³-hybridized carbons (Fsp3) is 0.200. The van der Waals surface area contributed by atoms with Gasteiger partial charge in [-0.25, -0.2) is 0 Å². The highest BCUT2D eigenvalue weighted by Crippen LogP contribution is 2.58. The molecule has 0 saturated heterocycles. The molecule has 0 saturated carbocycles. The summed E-state index contributed by atoms with van der Waals surface area (Å²) in [5.74, 6) is 0. The summed E-state index contributed by atoms with van der Waals surface area (Å²) in [7, 11) is 0. The van der Waals surface area contributed by atoms with Gasteiger partial charge in [-0.2, -0.15) is 0 Å². The van der Waals surface area contributed by atoms with Gasteiger partial charge in [-0.05, 0) is 217 Å². The highest BCUT2D eigenvalue weighted by molar-refractivity contribution is 6.57. The molecule has 0 N–H and O–H groups in total. The number of benzene rings is 10. The first-order valence-corrected chi connectivity index (χ1v) is 21.9. The second-order valence-corrected chi connectivity index (χ2v) is 21.3. The van der Waals surface area contributed by atoms with E-state index in [0.29, 0.717) is 0 Å². The highest BCUT2D eigenvalue weighted by Gasteiger charge is 2.31. The predicted molar refractivity (Wildman–Crippen MR) is 266 cm³/mol. The van der Waals surface area contributed by atoms with Crippen molar-refractivity contribution in [2.45, 2.75) is 78.6 Å². The molecule has 0 bridgehead atoms. The van der Waals surface area contributed by atoms with Crippen molar-refractivity contribution in [2.75, 3.05) is 0 Å². The van der Waals surface area contributed by atoms with Crippen molar-refractivity contribution >= 4 is 129 Å². The Balaban J connectivity index is 1.47. The lowest BCUT2D eigenvalue weighted by Gasteiger charge is -2.20. The van der Waals surface area contributed by atoms with Gasteiger partial charge in [0.15, 0.2) is 0 Å². The summed E-state index contributed by atoms with van der Waals surface area (Å²) < 4.78 is 0. The number of hydrogen-bond acceptors (Lipinski definition) is 0. The fourth-order valence-electron chi connectivity index (χ4n) is 11.6. The van der Waals surface area contributed by atoms with Crippen molar-refractivity contribution in [3.63, 3.8) is 0 Å². The molecule has 0 aliphatic carbocycles. The van der Waals surface area contributed by atoms with Crippen LogP contribution >= 0.6 is 0 Å². The topological polar surface area (TPSA) is 0 Å². The van der Waals surface area contributed by atoms with Crippen molar-refractivity contribution in [3.8, 4) is 0 Å². The van der Waals surface area contributed by atoms with Crippen LogP contribution in [0.1, 0.15) is 79.0 Å². The lowest BCUT2D eigenvalue weighted by atomic mass is 9.84. The second kappa shape index (κ2) is 10.9. The highest BCUT2D eigenvalue weighted by atomic mass is 14.3. The molecule has 0 nitrogen and oxygen atoms in total. The molecule has 0 spiro atoms. The third-order valence-corrected chi connectivity index (χ3v) is 14.6. The summed E-state index contributed by atoms with van der Waals surface area (Å²) in [4.78, 5) is 0. The zero-order valence-corrected chi connectivity index (χ0v) is 36.1. The van der Waals surface area contributed by atoms with Gasteiger partial charge in [0.05, 0.1) is 0 Å². The average molecular weight is 769 g/mol. The van der Waals surface area contributed by atoms with Gasteiger partial charge in [-0.15, -0.1) is 0 Å². The fourth-order valence-corrected chi connectivity index (χ4v) is 11.6. The zero-order valence-electron chi connectivity index (χ0n) is 36.1. The van der Waals surface area contributed by atoms with Crippen molar-refractivity contribution in [3.05, 3.63) is 144 Å². The maximum absolute atomic E-state index is 2.58. The Bertz CT molecular complexity index is 3570. The number of fused-ring (bicyclic) bond motifs is 18.